The molecule has 3 nitrogen and oxygen atoms in total. The molecule has 0 atom stereocenters. The van der Waals surface area contributed by atoms with Crippen LogP contribution in [0.25, 0.3) is 0 Å². The van der Waals surface area contributed by atoms with Crippen LogP contribution in [0.4, 0.5) is 10.1 Å². The summed E-state index contributed by atoms with van der Waals surface area (Å²) in [5.74, 6) is -0.771. The molecule has 2 aromatic carbocycles. The number of sulfonamides is 1. The zero-order valence-corrected chi connectivity index (χ0v) is 13.3. The summed E-state index contributed by atoms with van der Waals surface area (Å²) in [7, 11) is -3.94. The molecule has 20 heavy (non-hydrogen) atoms. The molecule has 0 saturated carbocycles. The zero-order chi connectivity index (χ0) is 14.9. The third-order valence-electron chi connectivity index (χ3n) is 2.86. The monoisotopic (exact) mass is 357 g/mol. The molecule has 106 valence electrons. The standard InChI is InChI=1S/C14H13BrFNO2S/c1-9-7-11(15)8-10(2)14(9)17-20(18,19)13-6-4-3-5-12(13)16/h3-8,17H,1-2H3. The first-order chi connectivity index (χ1) is 9.31. The number of halogens is 2. The van der Waals surface area contributed by atoms with Gasteiger partial charge in [-0.15, -0.1) is 0 Å². The molecule has 0 radical (unpaired) electrons. The van der Waals surface area contributed by atoms with Gasteiger partial charge in [-0.25, -0.2) is 12.8 Å². The van der Waals surface area contributed by atoms with Crippen molar-refractivity contribution in [2.75, 3.05) is 4.72 Å². The number of rotatable bonds is 3. The van der Waals surface area contributed by atoms with Crippen molar-refractivity contribution in [3.8, 4) is 0 Å². The first-order valence-electron chi connectivity index (χ1n) is 5.85. The molecule has 0 aliphatic rings. The van der Waals surface area contributed by atoms with Crippen LogP contribution in [0.1, 0.15) is 11.1 Å². The second-order valence-electron chi connectivity index (χ2n) is 4.45. The van der Waals surface area contributed by atoms with Crippen molar-refractivity contribution in [3.63, 3.8) is 0 Å². The van der Waals surface area contributed by atoms with Crippen molar-refractivity contribution >= 4 is 31.6 Å². The summed E-state index contributed by atoms with van der Waals surface area (Å²) in [6, 6.07) is 8.89. The van der Waals surface area contributed by atoms with Crippen LogP contribution in [0.5, 0.6) is 0 Å². The summed E-state index contributed by atoms with van der Waals surface area (Å²) in [5.41, 5.74) is 1.99. The van der Waals surface area contributed by atoms with Crippen molar-refractivity contribution in [3.05, 3.63) is 57.8 Å². The highest BCUT2D eigenvalue weighted by atomic mass is 79.9. The van der Waals surface area contributed by atoms with Crippen LogP contribution in [-0.2, 0) is 10.0 Å². The molecule has 2 aromatic rings. The maximum absolute atomic E-state index is 13.6. The lowest BCUT2D eigenvalue weighted by molar-refractivity contribution is 0.570. The molecule has 6 heteroatoms. The van der Waals surface area contributed by atoms with E-state index in [2.05, 4.69) is 20.7 Å². The predicted molar refractivity (Wildman–Crippen MR) is 80.8 cm³/mol. The lowest BCUT2D eigenvalue weighted by Gasteiger charge is -2.14. The first kappa shape index (κ1) is 15.0. The van der Waals surface area contributed by atoms with Gasteiger partial charge in [-0.2, -0.15) is 0 Å². The predicted octanol–water partition coefficient (Wildman–Crippen LogP) is 4.01. The zero-order valence-electron chi connectivity index (χ0n) is 10.9. The minimum atomic E-state index is -3.94. The third kappa shape index (κ3) is 3.02. The fraction of sp³-hybridized carbons (Fsp3) is 0.143. The fourth-order valence-electron chi connectivity index (χ4n) is 1.92. The van der Waals surface area contributed by atoms with Crippen LogP contribution in [0.2, 0.25) is 0 Å². The molecule has 1 N–H and O–H groups in total. The van der Waals surface area contributed by atoms with E-state index in [1.165, 1.54) is 18.2 Å². The third-order valence-corrected chi connectivity index (χ3v) is 4.70. The van der Waals surface area contributed by atoms with Crippen LogP contribution in [0.3, 0.4) is 0 Å². The fourth-order valence-corrected chi connectivity index (χ4v) is 3.89. The largest absolute Gasteiger partial charge is 0.279 e. The van der Waals surface area contributed by atoms with E-state index in [-0.39, 0.29) is 4.90 Å². The van der Waals surface area contributed by atoms with Crippen molar-refractivity contribution < 1.29 is 12.8 Å². The van der Waals surface area contributed by atoms with E-state index >= 15 is 0 Å². The molecule has 0 fully saturated rings. The summed E-state index contributed by atoms with van der Waals surface area (Å²) in [6.07, 6.45) is 0. The summed E-state index contributed by atoms with van der Waals surface area (Å²) >= 11 is 3.35. The van der Waals surface area contributed by atoms with E-state index < -0.39 is 15.8 Å². The normalized spacial score (nSPS) is 11.4. The molecule has 0 heterocycles. The number of aryl methyl sites for hydroxylation is 2. The van der Waals surface area contributed by atoms with Crippen molar-refractivity contribution in [1.82, 2.24) is 0 Å². The SMILES string of the molecule is Cc1cc(Br)cc(C)c1NS(=O)(=O)c1ccccc1F. The van der Waals surface area contributed by atoms with Gasteiger partial charge in [0.25, 0.3) is 10.0 Å². The Labute approximate surface area is 126 Å². The minimum absolute atomic E-state index is 0.360. The van der Waals surface area contributed by atoms with Gasteiger partial charge >= 0.3 is 0 Å². The number of nitrogens with one attached hydrogen (secondary N) is 1. The number of benzene rings is 2. The highest BCUT2D eigenvalue weighted by molar-refractivity contribution is 9.10. The number of hydrogen-bond donors (Lipinski definition) is 1. The highest BCUT2D eigenvalue weighted by Gasteiger charge is 2.20. The van der Waals surface area contributed by atoms with Gasteiger partial charge < -0.3 is 0 Å². The Morgan fingerprint density at radius 3 is 2.20 bits per heavy atom. The molecule has 0 bridgehead atoms. The molecule has 0 aromatic heterocycles. The van der Waals surface area contributed by atoms with E-state index in [0.29, 0.717) is 5.69 Å². The topological polar surface area (TPSA) is 46.2 Å². The van der Waals surface area contributed by atoms with Gasteiger partial charge in [-0.3, -0.25) is 4.72 Å². The summed E-state index contributed by atoms with van der Waals surface area (Å²) < 4.78 is 41.4. The Balaban J connectivity index is 2.47. The van der Waals surface area contributed by atoms with Crippen LogP contribution in [0, 0.1) is 19.7 Å². The van der Waals surface area contributed by atoms with E-state index in [0.717, 1.165) is 21.7 Å². The van der Waals surface area contributed by atoms with Crippen molar-refractivity contribution in [2.24, 2.45) is 0 Å². The molecule has 0 aliphatic heterocycles. The van der Waals surface area contributed by atoms with E-state index in [1.54, 1.807) is 26.0 Å². The molecule has 2 rings (SSSR count). The van der Waals surface area contributed by atoms with Crippen LogP contribution >= 0.6 is 15.9 Å². The average molecular weight is 358 g/mol. The molecular weight excluding hydrogens is 345 g/mol. The van der Waals surface area contributed by atoms with Crippen molar-refractivity contribution in [2.45, 2.75) is 18.7 Å². The quantitative estimate of drug-likeness (QED) is 0.901. The van der Waals surface area contributed by atoms with E-state index in [9.17, 15) is 12.8 Å². The Morgan fingerprint density at radius 1 is 1.10 bits per heavy atom. The van der Waals surface area contributed by atoms with Crippen molar-refractivity contribution in [1.29, 1.82) is 0 Å². The van der Waals surface area contributed by atoms with Crippen LogP contribution < -0.4 is 4.72 Å². The Kier molecular flexibility index (Phi) is 4.15. The minimum Gasteiger partial charge on any atom is -0.279 e. The van der Waals surface area contributed by atoms with Gasteiger partial charge in [0.15, 0.2) is 0 Å². The highest BCUT2D eigenvalue weighted by Crippen LogP contribution is 2.27. The lowest BCUT2D eigenvalue weighted by atomic mass is 10.1. The van der Waals surface area contributed by atoms with Gasteiger partial charge in [0, 0.05) is 4.47 Å². The molecule has 0 unspecified atom stereocenters. The summed E-state index contributed by atoms with van der Waals surface area (Å²) in [5, 5.41) is 0. The average Bonchev–Trinajstić information content (AvgIpc) is 2.34. The molecular formula is C14H13BrFNO2S. The van der Waals surface area contributed by atoms with E-state index in [1.807, 2.05) is 0 Å². The maximum Gasteiger partial charge on any atom is 0.264 e. The molecule has 0 aliphatic carbocycles. The van der Waals surface area contributed by atoms with Gasteiger partial charge in [-0.05, 0) is 49.2 Å². The maximum atomic E-state index is 13.6. The van der Waals surface area contributed by atoms with Gasteiger partial charge in [0.05, 0.1) is 5.69 Å². The van der Waals surface area contributed by atoms with Crippen LogP contribution in [-0.4, -0.2) is 8.42 Å². The molecule has 0 spiro atoms. The molecule has 0 amide bonds. The Morgan fingerprint density at radius 2 is 1.65 bits per heavy atom. The number of hydrogen-bond acceptors (Lipinski definition) is 2. The van der Waals surface area contributed by atoms with Crippen LogP contribution in [0.15, 0.2) is 45.8 Å². The molecule has 0 saturated heterocycles. The first-order valence-corrected chi connectivity index (χ1v) is 8.13. The van der Waals surface area contributed by atoms with Gasteiger partial charge in [0.2, 0.25) is 0 Å². The summed E-state index contributed by atoms with van der Waals surface area (Å²) in [4.78, 5) is -0.360. The van der Waals surface area contributed by atoms with E-state index in [4.69, 9.17) is 0 Å². The second-order valence-corrected chi connectivity index (χ2v) is 7.02. The van der Waals surface area contributed by atoms with Gasteiger partial charge in [-0.1, -0.05) is 28.1 Å². The second kappa shape index (κ2) is 5.54. The number of anilines is 1. The van der Waals surface area contributed by atoms with Gasteiger partial charge in [0.1, 0.15) is 10.7 Å². The Bertz CT molecular complexity index is 737. The Hall–Kier alpha value is -1.40. The smallest absolute Gasteiger partial charge is 0.264 e. The lowest BCUT2D eigenvalue weighted by Crippen LogP contribution is -2.16. The summed E-state index contributed by atoms with van der Waals surface area (Å²) in [6.45, 7) is 3.58.